The summed E-state index contributed by atoms with van der Waals surface area (Å²) in [6.07, 6.45) is 1.69. The van der Waals surface area contributed by atoms with Gasteiger partial charge in [-0.3, -0.25) is 4.79 Å². The van der Waals surface area contributed by atoms with E-state index in [1.807, 2.05) is 37.3 Å². The standard InChI is InChI=1S/C15H15NO2/c1-10-6-7-12(11(2)17)9-14(10)13-5-4-8-16-15(13)18-3/h4-9H,1-3H3. The van der Waals surface area contributed by atoms with Gasteiger partial charge in [-0.05, 0) is 43.2 Å². The third-order valence-electron chi connectivity index (χ3n) is 2.90. The number of pyridine rings is 1. The molecule has 0 aliphatic heterocycles. The van der Waals surface area contributed by atoms with Gasteiger partial charge in [-0.2, -0.15) is 0 Å². The average Bonchev–Trinajstić information content (AvgIpc) is 2.39. The first kappa shape index (κ1) is 12.3. The van der Waals surface area contributed by atoms with Crippen molar-refractivity contribution in [1.82, 2.24) is 4.98 Å². The SMILES string of the molecule is COc1ncccc1-c1cc(C(C)=O)ccc1C. The van der Waals surface area contributed by atoms with Crippen LogP contribution in [0.25, 0.3) is 11.1 Å². The summed E-state index contributed by atoms with van der Waals surface area (Å²) < 4.78 is 5.26. The van der Waals surface area contributed by atoms with Crippen molar-refractivity contribution in [2.75, 3.05) is 7.11 Å². The summed E-state index contributed by atoms with van der Waals surface area (Å²) in [6.45, 7) is 3.57. The molecule has 0 fully saturated rings. The first-order chi connectivity index (χ1) is 8.63. The normalized spacial score (nSPS) is 10.2. The molecule has 1 aromatic carbocycles. The van der Waals surface area contributed by atoms with Gasteiger partial charge in [0, 0.05) is 17.3 Å². The molecule has 0 saturated heterocycles. The Hall–Kier alpha value is -2.16. The Labute approximate surface area is 106 Å². The second kappa shape index (κ2) is 5.00. The van der Waals surface area contributed by atoms with Gasteiger partial charge in [-0.15, -0.1) is 0 Å². The van der Waals surface area contributed by atoms with E-state index in [4.69, 9.17) is 4.74 Å². The molecule has 3 nitrogen and oxygen atoms in total. The third kappa shape index (κ3) is 2.25. The van der Waals surface area contributed by atoms with Crippen LogP contribution in [0.3, 0.4) is 0 Å². The molecule has 0 spiro atoms. The number of carbonyl (C=O) groups is 1. The summed E-state index contributed by atoms with van der Waals surface area (Å²) in [5.74, 6) is 0.625. The van der Waals surface area contributed by atoms with Crippen molar-refractivity contribution in [1.29, 1.82) is 0 Å². The number of carbonyl (C=O) groups excluding carboxylic acids is 1. The Morgan fingerprint density at radius 2 is 2.00 bits per heavy atom. The minimum Gasteiger partial charge on any atom is -0.481 e. The van der Waals surface area contributed by atoms with Crippen LogP contribution < -0.4 is 4.74 Å². The van der Waals surface area contributed by atoms with Gasteiger partial charge < -0.3 is 4.74 Å². The van der Waals surface area contributed by atoms with Crippen LogP contribution in [0.15, 0.2) is 36.5 Å². The summed E-state index contributed by atoms with van der Waals surface area (Å²) in [7, 11) is 1.59. The van der Waals surface area contributed by atoms with Gasteiger partial charge in [0.1, 0.15) is 0 Å². The number of ether oxygens (including phenoxy) is 1. The number of rotatable bonds is 3. The second-order valence-corrected chi connectivity index (χ2v) is 4.15. The molecule has 0 radical (unpaired) electrons. The molecule has 2 rings (SSSR count). The van der Waals surface area contributed by atoms with Crippen LogP contribution in [0, 0.1) is 6.92 Å². The average molecular weight is 241 g/mol. The van der Waals surface area contributed by atoms with Gasteiger partial charge in [-0.1, -0.05) is 12.1 Å². The summed E-state index contributed by atoms with van der Waals surface area (Å²) in [5.41, 5.74) is 3.67. The predicted octanol–water partition coefficient (Wildman–Crippen LogP) is 3.27. The summed E-state index contributed by atoms with van der Waals surface area (Å²) in [6, 6.07) is 9.47. The number of hydrogen-bond donors (Lipinski definition) is 0. The number of aryl methyl sites for hydroxylation is 1. The van der Waals surface area contributed by atoms with E-state index in [1.165, 1.54) is 0 Å². The molecule has 0 aliphatic rings. The molecule has 1 heterocycles. The highest BCUT2D eigenvalue weighted by Gasteiger charge is 2.11. The second-order valence-electron chi connectivity index (χ2n) is 4.15. The van der Waals surface area contributed by atoms with Crippen molar-refractivity contribution in [2.24, 2.45) is 0 Å². The molecule has 3 heteroatoms. The van der Waals surface area contributed by atoms with E-state index < -0.39 is 0 Å². The molecule has 0 amide bonds. The van der Waals surface area contributed by atoms with E-state index in [1.54, 1.807) is 20.2 Å². The Kier molecular flexibility index (Phi) is 3.42. The van der Waals surface area contributed by atoms with E-state index in [9.17, 15) is 4.79 Å². The van der Waals surface area contributed by atoms with Crippen LogP contribution in [-0.2, 0) is 0 Å². The quantitative estimate of drug-likeness (QED) is 0.774. The zero-order valence-electron chi connectivity index (χ0n) is 10.7. The van der Waals surface area contributed by atoms with Gasteiger partial charge >= 0.3 is 0 Å². The van der Waals surface area contributed by atoms with Crippen molar-refractivity contribution in [3.8, 4) is 17.0 Å². The van der Waals surface area contributed by atoms with E-state index in [0.29, 0.717) is 11.4 Å². The lowest BCUT2D eigenvalue weighted by atomic mass is 9.98. The zero-order valence-corrected chi connectivity index (χ0v) is 10.7. The highest BCUT2D eigenvalue weighted by molar-refractivity contribution is 5.95. The van der Waals surface area contributed by atoms with E-state index in [2.05, 4.69) is 4.98 Å². The summed E-state index contributed by atoms with van der Waals surface area (Å²) in [5, 5.41) is 0. The lowest BCUT2D eigenvalue weighted by molar-refractivity contribution is 0.101. The van der Waals surface area contributed by atoms with Crippen molar-refractivity contribution in [3.05, 3.63) is 47.7 Å². The van der Waals surface area contributed by atoms with Crippen LogP contribution >= 0.6 is 0 Å². The maximum absolute atomic E-state index is 11.4. The van der Waals surface area contributed by atoms with Crippen LogP contribution in [0.5, 0.6) is 5.88 Å². The van der Waals surface area contributed by atoms with Crippen LogP contribution in [0.2, 0.25) is 0 Å². The lowest BCUT2D eigenvalue weighted by Gasteiger charge is -2.10. The Morgan fingerprint density at radius 3 is 2.67 bits per heavy atom. The van der Waals surface area contributed by atoms with Crippen molar-refractivity contribution in [2.45, 2.75) is 13.8 Å². The fourth-order valence-electron chi connectivity index (χ4n) is 1.89. The number of hydrogen-bond acceptors (Lipinski definition) is 3. The van der Waals surface area contributed by atoms with Gasteiger partial charge in [0.25, 0.3) is 0 Å². The fraction of sp³-hybridized carbons (Fsp3) is 0.200. The van der Waals surface area contributed by atoms with Gasteiger partial charge in [0.05, 0.1) is 7.11 Å². The molecule has 2 aromatic rings. The Balaban J connectivity index is 2.62. The fourth-order valence-corrected chi connectivity index (χ4v) is 1.89. The molecule has 0 aliphatic carbocycles. The number of methoxy groups -OCH3 is 1. The summed E-state index contributed by atoms with van der Waals surface area (Å²) >= 11 is 0. The van der Waals surface area contributed by atoms with Crippen LogP contribution in [0.4, 0.5) is 0 Å². The first-order valence-electron chi connectivity index (χ1n) is 5.74. The Morgan fingerprint density at radius 1 is 1.22 bits per heavy atom. The molecule has 0 atom stereocenters. The number of aromatic nitrogens is 1. The molecule has 0 unspecified atom stereocenters. The molecule has 0 saturated carbocycles. The van der Waals surface area contributed by atoms with Crippen LogP contribution in [-0.4, -0.2) is 17.9 Å². The molecule has 0 bridgehead atoms. The third-order valence-corrected chi connectivity index (χ3v) is 2.90. The molecule has 0 N–H and O–H groups in total. The maximum Gasteiger partial charge on any atom is 0.221 e. The first-order valence-corrected chi connectivity index (χ1v) is 5.74. The van der Waals surface area contributed by atoms with Crippen molar-refractivity contribution in [3.63, 3.8) is 0 Å². The molecular formula is C15H15NO2. The highest BCUT2D eigenvalue weighted by Crippen LogP contribution is 2.30. The molecule has 1 aromatic heterocycles. The van der Waals surface area contributed by atoms with E-state index >= 15 is 0 Å². The monoisotopic (exact) mass is 241 g/mol. The molecule has 92 valence electrons. The number of benzene rings is 1. The largest absolute Gasteiger partial charge is 0.481 e. The van der Waals surface area contributed by atoms with Crippen LogP contribution in [0.1, 0.15) is 22.8 Å². The van der Waals surface area contributed by atoms with Gasteiger partial charge in [0.2, 0.25) is 5.88 Å². The number of ketones is 1. The number of Topliss-reactive ketones (excluding diaryl/α,β-unsaturated/α-hetero) is 1. The zero-order chi connectivity index (χ0) is 13.1. The van der Waals surface area contributed by atoms with Crippen molar-refractivity contribution < 1.29 is 9.53 Å². The number of nitrogens with zero attached hydrogens (tertiary/aromatic N) is 1. The highest BCUT2D eigenvalue weighted by atomic mass is 16.5. The Bertz CT molecular complexity index is 591. The summed E-state index contributed by atoms with van der Waals surface area (Å²) in [4.78, 5) is 15.6. The van der Waals surface area contributed by atoms with Gasteiger partial charge in [-0.25, -0.2) is 4.98 Å². The van der Waals surface area contributed by atoms with E-state index in [-0.39, 0.29) is 5.78 Å². The minimum atomic E-state index is 0.0547. The van der Waals surface area contributed by atoms with Gasteiger partial charge in [0.15, 0.2) is 5.78 Å². The molecular weight excluding hydrogens is 226 g/mol. The minimum absolute atomic E-state index is 0.0547. The lowest BCUT2D eigenvalue weighted by Crippen LogP contribution is -1.96. The van der Waals surface area contributed by atoms with E-state index in [0.717, 1.165) is 16.7 Å². The smallest absolute Gasteiger partial charge is 0.221 e. The predicted molar refractivity (Wildman–Crippen MR) is 71.0 cm³/mol. The topological polar surface area (TPSA) is 39.2 Å². The molecule has 18 heavy (non-hydrogen) atoms. The van der Waals surface area contributed by atoms with Crippen molar-refractivity contribution >= 4 is 5.78 Å². The maximum atomic E-state index is 11.4.